The van der Waals surface area contributed by atoms with Gasteiger partial charge in [-0.3, -0.25) is 4.79 Å². The Hall–Kier alpha value is -3.37. The van der Waals surface area contributed by atoms with Crippen molar-refractivity contribution in [2.45, 2.75) is 38.8 Å². The quantitative estimate of drug-likeness (QED) is 0.747. The molecule has 4 heteroatoms. The van der Waals surface area contributed by atoms with E-state index in [-0.39, 0.29) is 5.78 Å². The molecule has 4 nitrogen and oxygen atoms in total. The van der Waals surface area contributed by atoms with E-state index < -0.39 is 28.8 Å². The smallest absolute Gasteiger partial charge is 0.177 e. The van der Waals surface area contributed by atoms with Gasteiger partial charge in [-0.1, -0.05) is 75.4 Å². The number of nitriles is 2. The van der Waals surface area contributed by atoms with Crippen LogP contribution in [-0.2, 0) is 4.79 Å². The Morgan fingerprint density at radius 1 is 1.00 bits per heavy atom. The first-order valence-corrected chi connectivity index (χ1v) is 9.81. The SMILES string of the molecule is CC(C)(C)C(=O)[C@H]1[C@H](c2ccccc2)C(C#N)(C#N)[C@@H]2c3ccccc3C=CN21. The number of fused-ring (bicyclic) bond motifs is 3. The van der Waals surface area contributed by atoms with Gasteiger partial charge in [0.15, 0.2) is 11.2 Å². The van der Waals surface area contributed by atoms with Crippen LogP contribution in [0.2, 0.25) is 0 Å². The van der Waals surface area contributed by atoms with E-state index in [1.807, 2.05) is 92.5 Å². The molecule has 144 valence electrons. The van der Waals surface area contributed by atoms with Gasteiger partial charge in [-0.15, -0.1) is 0 Å². The second kappa shape index (κ2) is 6.61. The van der Waals surface area contributed by atoms with Crippen molar-refractivity contribution in [2.75, 3.05) is 0 Å². The molecule has 0 aromatic heterocycles. The minimum Gasteiger partial charge on any atom is -0.357 e. The van der Waals surface area contributed by atoms with Gasteiger partial charge in [-0.25, -0.2) is 0 Å². The van der Waals surface area contributed by atoms with Crippen LogP contribution in [0.1, 0.15) is 49.4 Å². The van der Waals surface area contributed by atoms with Crippen LogP contribution in [0.15, 0.2) is 60.8 Å². The van der Waals surface area contributed by atoms with Gasteiger partial charge in [0.2, 0.25) is 0 Å². The zero-order valence-corrected chi connectivity index (χ0v) is 16.8. The molecule has 2 aliphatic heterocycles. The predicted octanol–water partition coefficient (Wildman–Crippen LogP) is 4.83. The lowest BCUT2D eigenvalue weighted by molar-refractivity contribution is -0.130. The van der Waals surface area contributed by atoms with Crippen LogP contribution in [-0.4, -0.2) is 16.7 Å². The third kappa shape index (κ3) is 2.68. The van der Waals surface area contributed by atoms with E-state index in [4.69, 9.17) is 0 Å². The van der Waals surface area contributed by atoms with E-state index in [0.29, 0.717) is 0 Å². The third-order valence-corrected chi connectivity index (χ3v) is 6.11. The maximum absolute atomic E-state index is 13.6. The van der Waals surface area contributed by atoms with Crippen LogP contribution in [0.4, 0.5) is 0 Å². The zero-order valence-electron chi connectivity index (χ0n) is 16.8. The maximum Gasteiger partial charge on any atom is 0.177 e. The monoisotopic (exact) mass is 381 g/mol. The summed E-state index contributed by atoms with van der Waals surface area (Å²) in [5, 5.41) is 20.8. The lowest BCUT2D eigenvalue weighted by Crippen LogP contribution is -2.43. The predicted molar refractivity (Wildman–Crippen MR) is 111 cm³/mol. The number of benzene rings is 2. The van der Waals surface area contributed by atoms with Gasteiger partial charge in [0.25, 0.3) is 0 Å². The van der Waals surface area contributed by atoms with Gasteiger partial charge in [-0.2, -0.15) is 10.5 Å². The van der Waals surface area contributed by atoms with Crippen LogP contribution in [0.5, 0.6) is 0 Å². The first-order valence-electron chi connectivity index (χ1n) is 9.81. The van der Waals surface area contributed by atoms with Crippen molar-refractivity contribution in [3.63, 3.8) is 0 Å². The summed E-state index contributed by atoms with van der Waals surface area (Å²) < 4.78 is 0. The number of Topliss-reactive ketones (excluding diaryl/α,β-unsaturated/α-hetero) is 1. The molecule has 2 heterocycles. The Balaban J connectivity index is 2.02. The molecule has 4 rings (SSSR count). The lowest BCUT2D eigenvalue weighted by Gasteiger charge is -2.36. The number of hydrogen-bond donors (Lipinski definition) is 0. The van der Waals surface area contributed by atoms with Crippen LogP contribution in [0.3, 0.4) is 0 Å². The molecule has 0 N–H and O–H groups in total. The molecular weight excluding hydrogens is 358 g/mol. The van der Waals surface area contributed by atoms with E-state index in [1.165, 1.54) is 0 Å². The van der Waals surface area contributed by atoms with E-state index in [0.717, 1.165) is 16.7 Å². The molecule has 0 radical (unpaired) electrons. The second-order valence-electron chi connectivity index (χ2n) is 8.83. The van der Waals surface area contributed by atoms with Gasteiger partial charge in [0.05, 0.1) is 24.2 Å². The first-order chi connectivity index (χ1) is 13.8. The van der Waals surface area contributed by atoms with Gasteiger partial charge < -0.3 is 4.90 Å². The van der Waals surface area contributed by atoms with Crippen molar-refractivity contribution < 1.29 is 4.79 Å². The molecule has 2 aliphatic rings. The molecule has 29 heavy (non-hydrogen) atoms. The third-order valence-electron chi connectivity index (χ3n) is 6.11. The van der Waals surface area contributed by atoms with Crippen LogP contribution >= 0.6 is 0 Å². The summed E-state index contributed by atoms with van der Waals surface area (Å²) in [5.74, 6) is -0.515. The summed E-state index contributed by atoms with van der Waals surface area (Å²) in [7, 11) is 0. The largest absolute Gasteiger partial charge is 0.357 e. The highest BCUT2D eigenvalue weighted by molar-refractivity contribution is 5.91. The van der Waals surface area contributed by atoms with Gasteiger partial charge in [-0.05, 0) is 22.8 Å². The molecule has 0 spiro atoms. The van der Waals surface area contributed by atoms with Crippen molar-refractivity contribution in [1.82, 2.24) is 4.90 Å². The molecule has 1 saturated heterocycles. The summed E-state index contributed by atoms with van der Waals surface area (Å²) in [4.78, 5) is 15.6. The number of carbonyl (C=O) groups excluding carboxylic acids is 1. The van der Waals surface area contributed by atoms with Crippen molar-refractivity contribution in [2.24, 2.45) is 10.8 Å². The Morgan fingerprint density at radius 2 is 1.62 bits per heavy atom. The summed E-state index contributed by atoms with van der Waals surface area (Å²) in [6, 6.07) is 21.0. The average Bonchev–Trinajstić information content (AvgIpc) is 3.04. The number of carbonyl (C=O) groups is 1. The molecule has 0 amide bonds. The molecule has 0 aliphatic carbocycles. The van der Waals surface area contributed by atoms with Crippen molar-refractivity contribution >= 4 is 11.9 Å². The van der Waals surface area contributed by atoms with E-state index in [9.17, 15) is 15.3 Å². The standard InChI is InChI=1S/C25H23N3O/c1-24(2,3)23(29)21-20(18-10-5-4-6-11-18)25(15-26,16-27)22-19-12-8-7-9-17(19)13-14-28(21)22/h4-14,20-22H,1-3H3/t20-,21+,22-/m0/s1. The van der Waals surface area contributed by atoms with Gasteiger partial charge in [0, 0.05) is 17.5 Å². The summed E-state index contributed by atoms with van der Waals surface area (Å²) in [6.45, 7) is 5.69. The van der Waals surface area contributed by atoms with E-state index in [1.54, 1.807) is 0 Å². The van der Waals surface area contributed by atoms with Crippen molar-refractivity contribution in [3.05, 3.63) is 77.5 Å². The van der Waals surface area contributed by atoms with E-state index in [2.05, 4.69) is 12.1 Å². The van der Waals surface area contributed by atoms with Crippen molar-refractivity contribution in [1.29, 1.82) is 10.5 Å². The van der Waals surface area contributed by atoms with Crippen LogP contribution in [0, 0.1) is 33.5 Å². The topological polar surface area (TPSA) is 67.9 Å². The highest BCUT2D eigenvalue weighted by Gasteiger charge is 2.64. The second-order valence-corrected chi connectivity index (χ2v) is 8.83. The number of hydrogen-bond acceptors (Lipinski definition) is 4. The summed E-state index contributed by atoms with van der Waals surface area (Å²) >= 11 is 0. The molecule has 3 atom stereocenters. The molecular formula is C25H23N3O. The summed E-state index contributed by atoms with van der Waals surface area (Å²) in [6.07, 6.45) is 3.87. The highest BCUT2D eigenvalue weighted by atomic mass is 16.1. The van der Waals surface area contributed by atoms with Crippen LogP contribution in [0.25, 0.3) is 6.08 Å². The molecule has 0 bridgehead atoms. The molecule has 2 aromatic carbocycles. The van der Waals surface area contributed by atoms with Gasteiger partial charge in [0.1, 0.15) is 0 Å². The minimum absolute atomic E-state index is 0.0350. The number of ketones is 1. The fourth-order valence-electron chi connectivity index (χ4n) is 4.77. The Labute approximate surface area is 171 Å². The normalized spacial score (nSPS) is 24.2. The molecule has 0 unspecified atom stereocenters. The number of nitrogens with zero attached hydrogens (tertiary/aromatic N) is 3. The molecule has 2 aromatic rings. The number of rotatable bonds is 2. The van der Waals surface area contributed by atoms with E-state index >= 15 is 0 Å². The minimum atomic E-state index is -1.38. The molecule has 0 saturated carbocycles. The highest BCUT2D eigenvalue weighted by Crippen LogP contribution is 2.60. The Bertz CT molecular complexity index is 1050. The van der Waals surface area contributed by atoms with Crippen LogP contribution < -0.4 is 0 Å². The average molecular weight is 381 g/mol. The van der Waals surface area contributed by atoms with Crippen molar-refractivity contribution in [3.8, 4) is 12.1 Å². The fourth-order valence-corrected chi connectivity index (χ4v) is 4.77. The zero-order chi connectivity index (χ0) is 20.8. The lowest BCUT2D eigenvalue weighted by atomic mass is 9.66. The maximum atomic E-state index is 13.6. The fraction of sp³-hybridized carbons (Fsp3) is 0.320. The van der Waals surface area contributed by atoms with Gasteiger partial charge >= 0.3 is 0 Å². The Morgan fingerprint density at radius 3 is 2.24 bits per heavy atom. The first kappa shape index (κ1) is 19.0. The Kier molecular flexibility index (Phi) is 4.32. The molecule has 1 fully saturated rings. The summed E-state index contributed by atoms with van der Waals surface area (Å²) in [5.41, 5.74) is 0.767.